The van der Waals surface area contributed by atoms with Crippen LogP contribution in [0, 0.1) is 5.41 Å². The Labute approximate surface area is 126 Å². The Bertz CT molecular complexity index is 639. The van der Waals surface area contributed by atoms with Gasteiger partial charge in [0.1, 0.15) is 5.75 Å². The lowest BCUT2D eigenvalue weighted by Gasteiger charge is -2.40. The lowest BCUT2D eigenvalue weighted by molar-refractivity contribution is 0.360. The molecule has 0 bridgehead atoms. The van der Waals surface area contributed by atoms with Crippen LogP contribution >= 0.6 is 0 Å². The van der Waals surface area contributed by atoms with E-state index in [9.17, 15) is 0 Å². The third-order valence-corrected chi connectivity index (χ3v) is 5.15. The molecule has 0 unspecified atom stereocenters. The highest BCUT2D eigenvalue weighted by Gasteiger charge is 2.65. The monoisotopic (exact) mass is 279 g/mol. The summed E-state index contributed by atoms with van der Waals surface area (Å²) in [7, 11) is 1.73. The zero-order valence-corrected chi connectivity index (χ0v) is 12.5. The number of hydrogen-bond donors (Lipinski definition) is 0. The SMILES string of the molecule is COc1cccc(N2C[C@@]3(CCc4ccccc4)C[C@@H]23)c1. The number of fused-ring (bicyclic) bond motifs is 1. The number of rotatable bonds is 5. The number of methoxy groups -OCH3 is 1. The predicted octanol–water partition coefficient (Wildman–Crippen LogP) is 3.91. The molecule has 0 spiro atoms. The topological polar surface area (TPSA) is 12.5 Å². The third-order valence-electron chi connectivity index (χ3n) is 5.15. The Balaban J connectivity index is 1.38. The fraction of sp³-hybridized carbons (Fsp3) is 0.368. The normalized spacial score (nSPS) is 26.0. The highest BCUT2D eigenvalue weighted by Crippen LogP contribution is 2.62. The van der Waals surface area contributed by atoms with Gasteiger partial charge >= 0.3 is 0 Å². The first-order valence-electron chi connectivity index (χ1n) is 7.75. The van der Waals surface area contributed by atoms with Crippen LogP contribution in [0.5, 0.6) is 5.75 Å². The van der Waals surface area contributed by atoms with Gasteiger partial charge in [-0.05, 0) is 37.0 Å². The van der Waals surface area contributed by atoms with Gasteiger partial charge in [-0.3, -0.25) is 0 Å². The van der Waals surface area contributed by atoms with Gasteiger partial charge in [0, 0.05) is 29.8 Å². The van der Waals surface area contributed by atoms with Crippen LogP contribution in [0.15, 0.2) is 54.6 Å². The number of ether oxygens (including phenoxy) is 1. The molecule has 2 fully saturated rings. The van der Waals surface area contributed by atoms with Crippen molar-refractivity contribution in [1.29, 1.82) is 0 Å². The minimum absolute atomic E-state index is 0.596. The van der Waals surface area contributed by atoms with E-state index in [1.54, 1.807) is 7.11 Å². The van der Waals surface area contributed by atoms with Crippen molar-refractivity contribution in [2.75, 3.05) is 18.6 Å². The Morgan fingerprint density at radius 3 is 2.76 bits per heavy atom. The average Bonchev–Trinajstić information content (AvgIpc) is 3.11. The highest BCUT2D eigenvalue weighted by atomic mass is 16.5. The third kappa shape index (κ3) is 2.19. The first-order chi connectivity index (χ1) is 10.3. The van der Waals surface area contributed by atoms with Gasteiger partial charge in [0.05, 0.1) is 7.11 Å². The molecule has 2 atom stereocenters. The molecule has 1 aliphatic carbocycles. The molecule has 4 rings (SSSR count). The zero-order chi connectivity index (χ0) is 14.3. The molecule has 0 amide bonds. The van der Waals surface area contributed by atoms with E-state index in [2.05, 4.69) is 53.4 Å². The summed E-state index contributed by atoms with van der Waals surface area (Å²) < 4.78 is 5.33. The largest absolute Gasteiger partial charge is 0.497 e. The highest BCUT2D eigenvalue weighted by molar-refractivity contribution is 5.58. The second kappa shape index (κ2) is 4.80. The molecule has 2 heteroatoms. The van der Waals surface area contributed by atoms with Crippen LogP contribution in [-0.2, 0) is 6.42 Å². The molecule has 1 heterocycles. The molecular weight excluding hydrogens is 258 g/mol. The maximum atomic E-state index is 5.33. The van der Waals surface area contributed by atoms with Crippen molar-refractivity contribution in [1.82, 2.24) is 0 Å². The summed E-state index contributed by atoms with van der Waals surface area (Å²) >= 11 is 0. The molecule has 21 heavy (non-hydrogen) atoms. The maximum absolute atomic E-state index is 5.33. The molecule has 2 aromatic rings. The Morgan fingerprint density at radius 2 is 2.00 bits per heavy atom. The molecule has 0 aromatic heterocycles. The number of nitrogens with zero attached hydrogens (tertiary/aromatic N) is 1. The number of aryl methyl sites for hydroxylation is 1. The molecule has 2 aliphatic rings. The van der Waals surface area contributed by atoms with Crippen LogP contribution in [-0.4, -0.2) is 19.7 Å². The lowest BCUT2D eigenvalue weighted by atomic mass is 9.90. The van der Waals surface area contributed by atoms with Crippen molar-refractivity contribution in [3.63, 3.8) is 0 Å². The first-order valence-corrected chi connectivity index (χ1v) is 7.75. The number of anilines is 1. The summed E-state index contributed by atoms with van der Waals surface area (Å²) in [5, 5.41) is 0. The van der Waals surface area contributed by atoms with E-state index in [1.165, 1.54) is 37.1 Å². The van der Waals surface area contributed by atoms with Crippen molar-refractivity contribution >= 4 is 5.69 Å². The molecule has 2 nitrogen and oxygen atoms in total. The minimum atomic E-state index is 0.596. The van der Waals surface area contributed by atoms with Crippen LogP contribution in [0.4, 0.5) is 5.69 Å². The van der Waals surface area contributed by atoms with Crippen LogP contribution in [0.1, 0.15) is 18.4 Å². The van der Waals surface area contributed by atoms with E-state index >= 15 is 0 Å². The number of hydrogen-bond acceptors (Lipinski definition) is 2. The van der Waals surface area contributed by atoms with Gasteiger partial charge in [-0.2, -0.15) is 0 Å². The van der Waals surface area contributed by atoms with Crippen molar-refractivity contribution in [3.05, 3.63) is 60.2 Å². The maximum Gasteiger partial charge on any atom is 0.120 e. The zero-order valence-electron chi connectivity index (χ0n) is 12.5. The second-order valence-corrected chi connectivity index (χ2v) is 6.40. The summed E-state index contributed by atoms with van der Waals surface area (Å²) in [4.78, 5) is 2.54. The first kappa shape index (κ1) is 12.8. The molecule has 2 aromatic carbocycles. The quantitative estimate of drug-likeness (QED) is 0.823. The van der Waals surface area contributed by atoms with E-state index in [4.69, 9.17) is 4.74 Å². The molecular formula is C19H21NO. The van der Waals surface area contributed by atoms with Gasteiger partial charge in [-0.25, -0.2) is 0 Å². The standard InChI is InChI=1S/C19H21NO/c1-21-17-9-5-8-16(12-17)20-14-19(13-18(19)20)11-10-15-6-3-2-4-7-15/h2-9,12,18H,10-11,13-14H2,1H3/t18-,19-/m1/s1. The fourth-order valence-electron chi connectivity index (χ4n) is 3.72. The number of benzene rings is 2. The molecule has 108 valence electrons. The Hall–Kier alpha value is -1.96. The van der Waals surface area contributed by atoms with E-state index < -0.39 is 0 Å². The molecule has 1 saturated heterocycles. The fourth-order valence-corrected chi connectivity index (χ4v) is 3.72. The molecule has 1 saturated carbocycles. The molecule has 0 N–H and O–H groups in total. The van der Waals surface area contributed by atoms with Crippen LogP contribution in [0.2, 0.25) is 0 Å². The minimum Gasteiger partial charge on any atom is -0.497 e. The second-order valence-electron chi connectivity index (χ2n) is 6.40. The Kier molecular flexibility index (Phi) is 2.91. The van der Waals surface area contributed by atoms with Crippen LogP contribution in [0.3, 0.4) is 0 Å². The molecule has 1 aliphatic heterocycles. The van der Waals surface area contributed by atoms with Crippen molar-refractivity contribution < 1.29 is 4.74 Å². The van der Waals surface area contributed by atoms with Gasteiger partial charge in [0.2, 0.25) is 0 Å². The van der Waals surface area contributed by atoms with Gasteiger partial charge < -0.3 is 9.64 Å². The lowest BCUT2D eigenvalue weighted by Crippen LogP contribution is -2.46. The van der Waals surface area contributed by atoms with Crippen LogP contribution in [0.25, 0.3) is 0 Å². The van der Waals surface area contributed by atoms with Crippen molar-refractivity contribution in [2.45, 2.75) is 25.3 Å². The molecule has 0 radical (unpaired) electrons. The van der Waals surface area contributed by atoms with Gasteiger partial charge in [0.15, 0.2) is 0 Å². The van der Waals surface area contributed by atoms with E-state index in [1.807, 2.05) is 6.07 Å². The van der Waals surface area contributed by atoms with Gasteiger partial charge in [-0.1, -0.05) is 36.4 Å². The smallest absolute Gasteiger partial charge is 0.120 e. The Morgan fingerprint density at radius 1 is 1.14 bits per heavy atom. The summed E-state index contributed by atoms with van der Waals surface area (Å²) in [6, 6.07) is 20.1. The van der Waals surface area contributed by atoms with E-state index in [0.29, 0.717) is 5.41 Å². The average molecular weight is 279 g/mol. The van der Waals surface area contributed by atoms with Crippen molar-refractivity contribution in [3.8, 4) is 5.75 Å². The summed E-state index contributed by atoms with van der Waals surface area (Å²) in [6.45, 7) is 1.21. The van der Waals surface area contributed by atoms with Crippen molar-refractivity contribution in [2.24, 2.45) is 5.41 Å². The predicted molar refractivity (Wildman–Crippen MR) is 85.9 cm³/mol. The van der Waals surface area contributed by atoms with Gasteiger partial charge in [0.25, 0.3) is 0 Å². The van der Waals surface area contributed by atoms with Gasteiger partial charge in [-0.15, -0.1) is 0 Å². The summed E-state index contributed by atoms with van der Waals surface area (Å²) in [5.41, 5.74) is 3.38. The van der Waals surface area contributed by atoms with Crippen LogP contribution < -0.4 is 9.64 Å². The van der Waals surface area contributed by atoms with E-state index in [0.717, 1.165) is 11.8 Å². The van der Waals surface area contributed by atoms with E-state index in [-0.39, 0.29) is 0 Å². The summed E-state index contributed by atoms with van der Waals surface area (Å²) in [5.74, 6) is 0.954. The summed E-state index contributed by atoms with van der Waals surface area (Å²) in [6.07, 6.45) is 3.89.